The molecule has 0 fully saturated rings. The molecule has 0 amide bonds. The predicted octanol–water partition coefficient (Wildman–Crippen LogP) is 2.68. The molecule has 0 saturated carbocycles. The van der Waals surface area contributed by atoms with E-state index in [0.717, 1.165) is 6.42 Å². The standard InChI is InChI=1S/C12H17ClFNO/c1-2-8(6-9(16)7-15)12-10(13)4-3-5-11(12)14/h3-5,8-9,16H,2,6-7,15H2,1H3. The molecule has 0 aromatic heterocycles. The first-order valence-corrected chi connectivity index (χ1v) is 5.80. The van der Waals surface area contributed by atoms with Crippen molar-refractivity contribution in [2.24, 2.45) is 5.73 Å². The normalized spacial score (nSPS) is 14.8. The van der Waals surface area contributed by atoms with E-state index < -0.39 is 6.10 Å². The third-order valence-corrected chi connectivity index (χ3v) is 3.06. The summed E-state index contributed by atoms with van der Waals surface area (Å²) in [5.74, 6) is -0.407. The van der Waals surface area contributed by atoms with Crippen molar-refractivity contribution < 1.29 is 9.50 Å². The summed E-state index contributed by atoms with van der Waals surface area (Å²) in [6, 6.07) is 4.63. The average molecular weight is 246 g/mol. The molecule has 0 aliphatic rings. The summed E-state index contributed by atoms with van der Waals surface area (Å²) < 4.78 is 13.6. The molecular formula is C12H17ClFNO. The Bertz CT molecular complexity index is 326. The van der Waals surface area contributed by atoms with Crippen molar-refractivity contribution in [3.05, 3.63) is 34.6 Å². The van der Waals surface area contributed by atoms with E-state index in [1.54, 1.807) is 12.1 Å². The van der Waals surface area contributed by atoms with Crippen LogP contribution in [0.5, 0.6) is 0 Å². The van der Waals surface area contributed by atoms with Crippen molar-refractivity contribution in [1.29, 1.82) is 0 Å². The van der Waals surface area contributed by atoms with Gasteiger partial charge in [0.2, 0.25) is 0 Å². The van der Waals surface area contributed by atoms with Crippen molar-refractivity contribution in [2.75, 3.05) is 6.54 Å². The fourth-order valence-electron chi connectivity index (χ4n) is 1.81. The molecule has 16 heavy (non-hydrogen) atoms. The van der Waals surface area contributed by atoms with E-state index in [1.807, 2.05) is 6.92 Å². The van der Waals surface area contributed by atoms with Gasteiger partial charge in [-0.15, -0.1) is 0 Å². The third kappa shape index (κ3) is 3.17. The Labute approximate surface area is 100 Å². The molecule has 0 saturated heterocycles. The minimum atomic E-state index is -0.611. The fraction of sp³-hybridized carbons (Fsp3) is 0.500. The lowest BCUT2D eigenvalue weighted by Crippen LogP contribution is -2.22. The molecule has 0 spiro atoms. The largest absolute Gasteiger partial charge is 0.392 e. The second-order valence-electron chi connectivity index (χ2n) is 3.87. The van der Waals surface area contributed by atoms with Crippen LogP contribution in [0.25, 0.3) is 0 Å². The maximum Gasteiger partial charge on any atom is 0.128 e. The molecule has 4 heteroatoms. The van der Waals surface area contributed by atoms with Gasteiger partial charge in [0, 0.05) is 17.1 Å². The smallest absolute Gasteiger partial charge is 0.128 e. The number of nitrogens with two attached hydrogens (primary N) is 1. The number of hydrogen-bond donors (Lipinski definition) is 2. The average Bonchev–Trinajstić information content (AvgIpc) is 2.27. The zero-order chi connectivity index (χ0) is 12.1. The molecular weight excluding hydrogens is 229 g/mol. The van der Waals surface area contributed by atoms with Gasteiger partial charge in [0.05, 0.1) is 6.10 Å². The number of aliphatic hydroxyl groups is 1. The fourth-order valence-corrected chi connectivity index (χ4v) is 2.13. The molecule has 0 heterocycles. The Balaban J connectivity index is 2.94. The van der Waals surface area contributed by atoms with Gasteiger partial charge in [-0.25, -0.2) is 4.39 Å². The van der Waals surface area contributed by atoms with Crippen LogP contribution >= 0.6 is 11.6 Å². The Morgan fingerprint density at radius 3 is 2.69 bits per heavy atom. The van der Waals surface area contributed by atoms with Crippen molar-refractivity contribution in [1.82, 2.24) is 0 Å². The van der Waals surface area contributed by atoms with Gasteiger partial charge in [0.1, 0.15) is 5.82 Å². The lowest BCUT2D eigenvalue weighted by molar-refractivity contribution is 0.161. The van der Waals surface area contributed by atoms with Crippen LogP contribution < -0.4 is 5.73 Å². The van der Waals surface area contributed by atoms with Gasteiger partial charge in [-0.1, -0.05) is 24.6 Å². The monoisotopic (exact) mass is 245 g/mol. The van der Waals surface area contributed by atoms with Crippen LogP contribution in [-0.4, -0.2) is 17.8 Å². The lowest BCUT2D eigenvalue weighted by Gasteiger charge is -2.20. The number of benzene rings is 1. The van der Waals surface area contributed by atoms with E-state index in [4.69, 9.17) is 17.3 Å². The number of hydrogen-bond acceptors (Lipinski definition) is 2. The Morgan fingerprint density at radius 1 is 1.50 bits per heavy atom. The summed E-state index contributed by atoms with van der Waals surface area (Å²) in [5.41, 5.74) is 5.84. The number of rotatable bonds is 5. The molecule has 2 atom stereocenters. The van der Waals surface area contributed by atoms with Crippen LogP contribution in [0, 0.1) is 5.82 Å². The lowest BCUT2D eigenvalue weighted by atomic mass is 9.90. The first-order chi connectivity index (χ1) is 7.60. The van der Waals surface area contributed by atoms with Crippen molar-refractivity contribution in [3.8, 4) is 0 Å². The third-order valence-electron chi connectivity index (χ3n) is 2.73. The molecule has 0 aliphatic heterocycles. The first kappa shape index (κ1) is 13.4. The van der Waals surface area contributed by atoms with Crippen molar-refractivity contribution in [2.45, 2.75) is 31.8 Å². The van der Waals surface area contributed by atoms with Gasteiger partial charge in [-0.3, -0.25) is 0 Å². The first-order valence-electron chi connectivity index (χ1n) is 5.42. The number of halogens is 2. The highest BCUT2D eigenvalue weighted by Gasteiger charge is 2.19. The van der Waals surface area contributed by atoms with Gasteiger partial charge in [-0.05, 0) is 30.9 Å². The summed E-state index contributed by atoms with van der Waals surface area (Å²) in [5, 5.41) is 9.93. The van der Waals surface area contributed by atoms with E-state index >= 15 is 0 Å². The van der Waals surface area contributed by atoms with Crippen LogP contribution in [0.4, 0.5) is 4.39 Å². The maximum atomic E-state index is 13.6. The molecule has 1 aromatic rings. The Hall–Kier alpha value is -0.640. The van der Waals surface area contributed by atoms with Crippen molar-refractivity contribution >= 4 is 11.6 Å². The predicted molar refractivity (Wildman–Crippen MR) is 64.1 cm³/mol. The SMILES string of the molecule is CCC(CC(O)CN)c1c(F)cccc1Cl. The van der Waals surface area contributed by atoms with Gasteiger partial charge >= 0.3 is 0 Å². The molecule has 2 unspecified atom stereocenters. The quantitative estimate of drug-likeness (QED) is 0.838. The van der Waals surface area contributed by atoms with E-state index in [9.17, 15) is 9.50 Å². The van der Waals surface area contributed by atoms with E-state index in [1.165, 1.54) is 6.07 Å². The highest BCUT2D eigenvalue weighted by Crippen LogP contribution is 2.32. The minimum absolute atomic E-state index is 0.0905. The minimum Gasteiger partial charge on any atom is -0.392 e. The van der Waals surface area contributed by atoms with E-state index in [-0.39, 0.29) is 18.3 Å². The molecule has 90 valence electrons. The summed E-state index contributed by atoms with van der Waals surface area (Å²) in [6.07, 6.45) is 0.548. The van der Waals surface area contributed by atoms with Crippen molar-refractivity contribution in [3.63, 3.8) is 0 Å². The Kier molecular flexibility index (Phi) is 5.19. The zero-order valence-electron chi connectivity index (χ0n) is 9.29. The van der Waals surface area contributed by atoms with Crippen LogP contribution in [0.3, 0.4) is 0 Å². The van der Waals surface area contributed by atoms with Crippen LogP contribution in [0.2, 0.25) is 5.02 Å². The molecule has 0 aliphatic carbocycles. The molecule has 3 N–H and O–H groups in total. The summed E-state index contributed by atoms with van der Waals surface area (Å²) in [4.78, 5) is 0. The maximum absolute atomic E-state index is 13.6. The second-order valence-corrected chi connectivity index (χ2v) is 4.27. The molecule has 1 aromatic carbocycles. The van der Waals surface area contributed by atoms with E-state index in [2.05, 4.69) is 0 Å². The molecule has 1 rings (SSSR count). The van der Waals surface area contributed by atoms with Crippen LogP contribution in [0.15, 0.2) is 18.2 Å². The summed E-state index contributed by atoms with van der Waals surface area (Å²) in [7, 11) is 0. The van der Waals surface area contributed by atoms with Gasteiger partial charge in [0.15, 0.2) is 0 Å². The summed E-state index contributed by atoms with van der Waals surface area (Å²) in [6.45, 7) is 2.12. The topological polar surface area (TPSA) is 46.2 Å². The highest BCUT2D eigenvalue weighted by molar-refractivity contribution is 6.31. The highest BCUT2D eigenvalue weighted by atomic mass is 35.5. The van der Waals surface area contributed by atoms with Gasteiger partial charge in [-0.2, -0.15) is 0 Å². The second kappa shape index (κ2) is 6.18. The Morgan fingerprint density at radius 2 is 2.19 bits per heavy atom. The molecule has 0 bridgehead atoms. The van der Waals surface area contributed by atoms with E-state index in [0.29, 0.717) is 17.0 Å². The molecule has 0 radical (unpaired) electrons. The number of aliphatic hydroxyl groups excluding tert-OH is 1. The van der Waals surface area contributed by atoms with Crippen LogP contribution in [-0.2, 0) is 0 Å². The molecule has 2 nitrogen and oxygen atoms in total. The zero-order valence-corrected chi connectivity index (χ0v) is 10.0. The van der Waals surface area contributed by atoms with Gasteiger partial charge < -0.3 is 10.8 Å². The van der Waals surface area contributed by atoms with Gasteiger partial charge in [0.25, 0.3) is 0 Å². The summed E-state index contributed by atoms with van der Waals surface area (Å²) >= 11 is 5.98. The van der Waals surface area contributed by atoms with Crippen LogP contribution in [0.1, 0.15) is 31.2 Å².